The number of sulfonamides is 1. The van der Waals surface area contributed by atoms with E-state index in [1.165, 1.54) is 12.1 Å². The van der Waals surface area contributed by atoms with Gasteiger partial charge >= 0.3 is 5.97 Å². The number of carbonyl (C=O) groups is 2. The third kappa shape index (κ3) is 5.63. The lowest BCUT2D eigenvalue weighted by Gasteiger charge is -2.04. The van der Waals surface area contributed by atoms with Gasteiger partial charge in [0.1, 0.15) is 0 Å². The van der Waals surface area contributed by atoms with E-state index in [9.17, 15) is 18.0 Å². The zero-order valence-corrected chi connectivity index (χ0v) is 11.3. The molecule has 4 N–H and O–H groups in total. The number of hydrogen-bond acceptors (Lipinski definition) is 4. The topological polar surface area (TPSA) is 127 Å². The van der Waals surface area contributed by atoms with Crippen LogP contribution in [0.2, 0.25) is 0 Å². The van der Waals surface area contributed by atoms with Crippen LogP contribution in [0.1, 0.15) is 5.56 Å². The Bertz CT molecular complexity index is 620. The van der Waals surface area contributed by atoms with Gasteiger partial charge < -0.3 is 10.4 Å². The lowest BCUT2D eigenvalue weighted by Crippen LogP contribution is -2.23. The SMILES string of the molecule is NS(=O)(=O)c1ccc(CCNC(=O)C=CC(=O)O)cc1. The van der Waals surface area contributed by atoms with E-state index < -0.39 is 21.9 Å². The lowest BCUT2D eigenvalue weighted by atomic mass is 10.1. The summed E-state index contributed by atoms with van der Waals surface area (Å²) in [4.78, 5) is 21.4. The van der Waals surface area contributed by atoms with Gasteiger partial charge in [0.2, 0.25) is 15.9 Å². The second-order valence-electron chi connectivity index (χ2n) is 3.90. The number of hydrogen-bond donors (Lipinski definition) is 3. The average molecular weight is 298 g/mol. The van der Waals surface area contributed by atoms with E-state index in [1.54, 1.807) is 12.1 Å². The van der Waals surface area contributed by atoms with E-state index in [0.717, 1.165) is 17.7 Å². The maximum atomic E-state index is 11.2. The Kier molecular flexibility index (Phi) is 5.42. The zero-order chi connectivity index (χ0) is 15.2. The van der Waals surface area contributed by atoms with Crippen molar-refractivity contribution >= 4 is 21.9 Å². The number of amides is 1. The van der Waals surface area contributed by atoms with Gasteiger partial charge in [-0.3, -0.25) is 4.79 Å². The highest BCUT2D eigenvalue weighted by Crippen LogP contribution is 2.08. The molecule has 0 aliphatic rings. The summed E-state index contributed by atoms with van der Waals surface area (Å²) in [7, 11) is -3.70. The molecule has 0 fully saturated rings. The highest BCUT2D eigenvalue weighted by atomic mass is 32.2. The Morgan fingerprint density at radius 2 is 1.80 bits per heavy atom. The van der Waals surface area contributed by atoms with Gasteiger partial charge in [0.05, 0.1) is 4.90 Å². The standard InChI is InChI=1S/C12H14N2O5S/c13-20(18,19)10-3-1-9(2-4-10)7-8-14-11(15)5-6-12(16)17/h1-6H,7-8H2,(H,14,15)(H,16,17)(H2,13,18,19). The van der Waals surface area contributed by atoms with Crippen molar-refractivity contribution < 1.29 is 23.1 Å². The predicted molar refractivity (Wildman–Crippen MR) is 71.3 cm³/mol. The van der Waals surface area contributed by atoms with E-state index in [0.29, 0.717) is 13.0 Å². The fourth-order valence-electron chi connectivity index (χ4n) is 1.38. The van der Waals surface area contributed by atoms with Crippen LogP contribution in [0, 0.1) is 0 Å². The van der Waals surface area contributed by atoms with Crippen molar-refractivity contribution in [1.82, 2.24) is 5.32 Å². The molecule has 1 amide bonds. The largest absolute Gasteiger partial charge is 0.478 e. The molecule has 0 aliphatic heterocycles. The van der Waals surface area contributed by atoms with Gasteiger partial charge in [-0.25, -0.2) is 18.4 Å². The Morgan fingerprint density at radius 1 is 1.20 bits per heavy atom. The molecule has 7 nitrogen and oxygen atoms in total. The number of primary sulfonamides is 1. The summed E-state index contributed by atoms with van der Waals surface area (Å²) < 4.78 is 22.1. The van der Waals surface area contributed by atoms with Crippen LogP contribution in [0.4, 0.5) is 0 Å². The first-order chi connectivity index (χ1) is 9.29. The molecular weight excluding hydrogens is 284 g/mol. The summed E-state index contributed by atoms with van der Waals surface area (Å²) in [6.07, 6.45) is 2.15. The molecule has 0 heterocycles. The van der Waals surface area contributed by atoms with Crippen molar-refractivity contribution in [3.05, 3.63) is 42.0 Å². The molecule has 0 bridgehead atoms. The number of carbonyl (C=O) groups excluding carboxylic acids is 1. The summed E-state index contributed by atoms with van der Waals surface area (Å²) in [6.45, 7) is 0.303. The normalized spacial score (nSPS) is 11.4. The third-order valence-electron chi connectivity index (χ3n) is 2.34. The zero-order valence-electron chi connectivity index (χ0n) is 10.4. The summed E-state index contributed by atoms with van der Waals surface area (Å²) >= 11 is 0. The maximum absolute atomic E-state index is 11.2. The van der Waals surface area contributed by atoms with Crippen LogP contribution in [0.3, 0.4) is 0 Å². The van der Waals surface area contributed by atoms with Crippen LogP contribution in [0.25, 0.3) is 0 Å². The highest BCUT2D eigenvalue weighted by molar-refractivity contribution is 7.89. The molecule has 1 aromatic carbocycles. The molecule has 1 rings (SSSR count). The molecule has 0 aromatic heterocycles. The second-order valence-corrected chi connectivity index (χ2v) is 5.46. The van der Waals surface area contributed by atoms with Crippen LogP contribution in [-0.4, -0.2) is 31.9 Å². The van der Waals surface area contributed by atoms with E-state index in [1.807, 2.05) is 0 Å². The quantitative estimate of drug-likeness (QED) is 0.618. The van der Waals surface area contributed by atoms with Crippen molar-refractivity contribution in [2.75, 3.05) is 6.54 Å². The van der Waals surface area contributed by atoms with Gasteiger partial charge in [0, 0.05) is 18.7 Å². The smallest absolute Gasteiger partial charge is 0.328 e. The van der Waals surface area contributed by atoms with Crippen LogP contribution < -0.4 is 10.5 Å². The molecule has 8 heteroatoms. The molecule has 0 saturated carbocycles. The van der Waals surface area contributed by atoms with Crippen LogP contribution >= 0.6 is 0 Å². The number of nitrogens with two attached hydrogens (primary N) is 1. The molecule has 108 valence electrons. The van der Waals surface area contributed by atoms with E-state index in [4.69, 9.17) is 10.2 Å². The Labute approximate surface area is 116 Å². The molecule has 0 saturated heterocycles. The summed E-state index contributed by atoms with van der Waals surface area (Å²) in [6, 6.07) is 5.96. The van der Waals surface area contributed by atoms with Gasteiger partial charge in [0.25, 0.3) is 0 Å². The number of benzene rings is 1. The molecule has 0 radical (unpaired) electrons. The van der Waals surface area contributed by atoms with Crippen molar-refractivity contribution in [2.24, 2.45) is 5.14 Å². The van der Waals surface area contributed by atoms with E-state index in [-0.39, 0.29) is 4.90 Å². The van der Waals surface area contributed by atoms with Crippen molar-refractivity contribution in [3.63, 3.8) is 0 Å². The number of aliphatic carboxylic acids is 1. The minimum absolute atomic E-state index is 0.0228. The van der Waals surface area contributed by atoms with Crippen LogP contribution in [-0.2, 0) is 26.0 Å². The van der Waals surface area contributed by atoms with Crippen LogP contribution in [0.15, 0.2) is 41.3 Å². The first-order valence-corrected chi connectivity index (χ1v) is 7.14. The minimum atomic E-state index is -3.70. The molecule has 0 atom stereocenters. The number of carboxylic acids is 1. The second kappa shape index (κ2) is 6.83. The first kappa shape index (κ1) is 15.9. The minimum Gasteiger partial charge on any atom is -0.478 e. The molecule has 0 spiro atoms. The van der Waals surface area contributed by atoms with Crippen molar-refractivity contribution in [1.29, 1.82) is 0 Å². The summed E-state index contributed by atoms with van der Waals surface area (Å²) in [5, 5.41) is 15.8. The van der Waals surface area contributed by atoms with E-state index in [2.05, 4.69) is 5.32 Å². The molecule has 0 unspecified atom stereocenters. The summed E-state index contributed by atoms with van der Waals surface area (Å²) in [5.74, 6) is -1.70. The number of rotatable bonds is 6. The first-order valence-electron chi connectivity index (χ1n) is 5.59. The van der Waals surface area contributed by atoms with E-state index >= 15 is 0 Å². The number of nitrogens with one attached hydrogen (secondary N) is 1. The Morgan fingerprint density at radius 3 is 2.30 bits per heavy atom. The Hall–Kier alpha value is -2.19. The van der Waals surface area contributed by atoms with Gasteiger partial charge in [-0.1, -0.05) is 12.1 Å². The third-order valence-corrected chi connectivity index (χ3v) is 3.27. The van der Waals surface area contributed by atoms with Crippen LogP contribution in [0.5, 0.6) is 0 Å². The monoisotopic (exact) mass is 298 g/mol. The van der Waals surface area contributed by atoms with Crippen molar-refractivity contribution in [2.45, 2.75) is 11.3 Å². The van der Waals surface area contributed by atoms with Crippen molar-refractivity contribution in [3.8, 4) is 0 Å². The maximum Gasteiger partial charge on any atom is 0.328 e. The molecule has 1 aromatic rings. The predicted octanol–water partition coefficient (Wildman–Crippen LogP) is -0.367. The fraction of sp³-hybridized carbons (Fsp3) is 0.167. The van der Waals surface area contributed by atoms with Gasteiger partial charge in [-0.2, -0.15) is 0 Å². The van der Waals surface area contributed by atoms with Gasteiger partial charge in [-0.15, -0.1) is 0 Å². The number of carboxylic acid groups (broad SMARTS) is 1. The lowest BCUT2D eigenvalue weighted by molar-refractivity contribution is -0.131. The Balaban J connectivity index is 2.47. The fourth-order valence-corrected chi connectivity index (χ4v) is 1.90. The van der Waals surface area contributed by atoms with Gasteiger partial charge in [-0.05, 0) is 24.1 Å². The average Bonchev–Trinajstić information content (AvgIpc) is 2.36. The summed E-state index contributed by atoms with van der Waals surface area (Å²) in [5.41, 5.74) is 0.819. The molecule has 20 heavy (non-hydrogen) atoms. The van der Waals surface area contributed by atoms with Gasteiger partial charge in [0.15, 0.2) is 0 Å². The molecule has 0 aliphatic carbocycles. The molecular formula is C12H14N2O5S. The highest BCUT2D eigenvalue weighted by Gasteiger charge is 2.06.